The molecule has 3 N–H and O–H groups in total. The average molecular weight is 308 g/mol. The Bertz CT molecular complexity index is 778. The molecule has 0 radical (unpaired) electrons. The molecule has 0 aliphatic heterocycles. The number of hydrogen-bond donors (Lipinski definition) is 2. The molecule has 2 aromatic rings. The van der Waals surface area contributed by atoms with E-state index in [1.165, 1.54) is 12.1 Å². The second-order valence-electron chi connectivity index (χ2n) is 5.06. The molecule has 0 amide bonds. The summed E-state index contributed by atoms with van der Waals surface area (Å²) >= 11 is 0. The standard InChI is InChI=1S/C15H17FN2O2S/c1-9-6-10(2)15(11(3)7-9)18-21(19,20)12-4-5-14(17)13(16)8-12/h4-8,18H,17H2,1-3H3. The molecule has 0 aliphatic rings. The zero-order valence-corrected chi connectivity index (χ0v) is 12.9. The first-order valence-electron chi connectivity index (χ1n) is 6.36. The maximum absolute atomic E-state index is 13.4. The molecule has 0 bridgehead atoms. The van der Waals surface area contributed by atoms with Crippen LogP contribution in [0.1, 0.15) is 16.7 Å². The van der Waals surface area contributed by atoms with Crippen LogP contribution in [0.25, 0.3) is 0 Å². The lowest BCUT2D eigenvalue weighted by molar-refractivity contribution is 0.596. The highest BCUT2D eigenvalue weighted by atomic mass is 32.2. The Morgan fingerprint density at radius 1 is 1.05 bits per heavy atom. The van der Waals surface area contributed by atoms with Gasteiger partial charge in [-0.15, -0.1) is 0 Å². The predicted molar refractivity (Wildman–Crippen MR) is 82.3 cm³/mol. The van der Waals surface area contributed by atoms with E-state index in [-0.39, 0.29) is 10.6 Å². The van der Waals surface area contributed by atoms with Gasteiger partial charge in [-0.05, 0) is 50.1 Å². The number of anilines is 2. The summed E-state index contributed by atoms with van der Waals surface area (Å²) in [5.41, 5.74) is 8.46. The highest BCUT2D eigenvalue weighted by Crippen LogP contribution is 2.26. The molecule has 0 saturated carbocycles. The molecular weight excluding hydrogens is 291 g/mol. The maximum atomic E-state index is 13.4. The summed E-state index contributed by atoms with van der Waals surface area (Å²) in [4.78, 5) is -0.159. The summed E-state index contributed by atoms with van der Waals surface area (Å²) in [6, 6.07) is 7.19. The van der Waals surface area contributed by atoms with Gasteiger partial charge in [0.05, 0.1) is 16.3 Å². The molecule has 21 heavy (non-hydrogen) atoms. The molecular formula is C15H17FN2O2S. The van der Waals surface area contributed by atoms with Gasteiger partial charge >= 0.3 is 0 Å². The van der Waals surface area contributed by atoms with Crippen molar-refractivity contribution in [3.05, 3.63) is 52.8 Å². The molecule has 0 unspecified atom stereocenters. The van der Waals surface area contributed by atoms with E-state index in [1.807, 2.05) is 32.9 Å². The number of halogens is 1. The molecule has 4 nitrogen and oxygen atoms in total. The Kier molecular flexibility index (Phi) is 3.91. The monoisotopic (exact) mass is 308 g/mol. The van der Waals surface area contributed by atoms with Gasteiger partial charge in [-0.1, -0.05) is 17.7 Å². The minimum atomic E-state index is -3.86. The predicted octanol–water partition coefficient (Wildman–Crippen LogP) is 3.13. The van der Waals surface area contributed by atoms with Crippen LogP contribution in [-0.4, -0.2) is 8.42 Å². The van der Waals surface area contributed by atoms with Gasteiger partial charge in [0.1, 0.15) is 5.82 Å². The van der Waals surface area contributed by atoms with E-state index in [2.05, 4.69) is 4.72 Å². The molecule has 0 saturated heterocycles. The third-order valence-corrected chi connectivity index (χ3v) is 4.54. The number of benzene rings is 2. The number of nitrogens with two attached hydrogens (primary N) is 1. The molecule has 0 fully saturated rings. The van der Waals surface area contributed by atoms with E-state index in [1.54, 1.807) is 0 Å². The summed E-state index contributed by atoms with van der Waals surface area (Å²) < 4.78 is 40.6. The van der Waals surface area contributed by atoms with E-state index in [0.717, 1.165) is 22.8 Å². The molecule has 112 valence electrons. The first-order chi connectivity index (χ1) is 9.70. The van der Waals surface area contributed by atoms with Gasteiger partial charge in [-0.2, -0.15) is 0 Å². The molecule has 2 aromatic carbocycles. The van der Waals surface area contributed by atoms with E-state index in [0.29, 0.717) is 5.69 Å². The number of sulfonamides is 1. The number of nitrogen functional groups attached to an aromatic ring is 1. The second kappa shape index (κ2) is 5.37. The summed E-state index contributed by atoms with van der Waals surface area (Å²) in [6.07, 6.45) is 0. The van der Waals surface area contributed by atoms with Gasteiger partial charge in [0.2, 0.25) is 0 Å². The van der Waals surface area contributed by atoms with Crippen molar-refractivity contribution in [1.29, 1.82) is 0 Å². The lowest BCUT2D eigenvalue weighted by Gasteiger charge is -2.14. The molecule has 6 heteroatoms. The van der Waals surface area contributed by atoms with Crippen LogP contribution in [0.5, 0.6) is 0 Å². The van der Waals surface area contributed by atoms with Crippen molar-refractivity contribution in [3.63, 3.8) is 0 Å². The number of hydrogen-bond acceptors (Lipinski definition) is 3. The number of nitrogens with one attached hydrogen (secondary N) is 1. The van der Waals surface area contributed by atoms with E-state index < -0.39 is 15.8 Å². The van der Waals surface area contributed by atoms with Crippen molar-refractivity contribution >= 4 is 21.4 Å². The van der Waals surface area contributed by atoms with Crippen molar-refractivity contribution in [1.82, 2.24) is 0 Å². The fourth-order valence-corrected chi connectivity index (χ4v) is 3.42. The minimum Gasteiger partial charge on any atom is -0.396 e. The van der Waals surface area contributed by atoms with Crippen LogP contribution in [0.3, 0.4) is 0 Å². The van der Waals surface area contributed by atoms with Crippen LogP contribution < -0.4 is 10.5 Å². The van der Waals surface area contributed by atoms with Crippen molar-refractivity contribution in [2.75, 3.05) is 10.5 Å². The van der Waals surface area contributed by atoms with Crippen molar-refractivity contribution in [3.8, 4) is 0 Å². The molecule has 0 aliphatic carbocycles. The number of rotatable bonds is 3. The van der Waals surface area contributed by atoms with Crippen LogP contribution in [0.15, 0.2) is 35.2 Å². The summed E-state index contributed by atoms with van der Waals surface area (Å²) in [5.74, 6) is -0.754. The number of aryl methyl sites for hydroxylation is 3. The SMILES string of the molecule is Cc1cc(C)c(NS(=O)(=O)c2ccc(N)c(F)c2)c(C)c1. The highest BCUT2D eigenvalue weighted by Gasteiger charge is 2.18. The smallest absolute Gasteiger partial charge is 0.262 e. The van der Waals surface area contributed by atoms with Crippen LogP contribution in [0.4, 0.5) is 15.8 Å². The van der Waals surface area contributed by atoms with E-state index in [9.17, 15) is 12.8 Å². The topological polar surface area (TPSA) is 72.2 Å². The highest BCUT2D eigenvalue weighted by molar-refractivity contribution is 7.92. The van der Waals surface area contributed by atoms with Crippen LogP contribution in [0.2, 0.25) is 0 Å². The Balaban J connectivity index is 2.44. The Morgan fingerprint density at radius 2 is 1.62 bits per heavy atom. The quantitative estimate of drug-likeness (QED) is 0.856. The summed E-state index contributed by atoms with van der Waals surface area (Å²) in [6.45, 7) is 5.58. The van der Waals surface area contributed by atoms with Crippen molar-refractivity contribution in [2.24, 2.45) is 0 Å². The van der Waals surface area contributed by atoms with Crippen LogP contribution in [0, 0.1) is 26.6 Å². The third-order valence-electron chi connectivity index (χ3n) is 3.20. The van der Waals surface area contributed by atoms with Gasteiger partial charge in [0.25, 0.3) is 10.0 Å². The molecule has 2 rings (SSSR count). The van der Waals surface area contributed by atoms with E-state index >= 15 is 0 Å². The van der Waals surface area contributed by atoms with Gasteiger partial charge in [-0.3, -0.25) is 4.72 Å². The first kappa shape index (κ1) is 15.3. The molecule has 0 heterocycles. The summed E-state index contributed by atoms with van der Waals surface area (Å²) in [5, 5.41) is 0. The van der Waals surface area contributed by atoms with Crippen LogP contribution >= 0.6 is 0 Å². The fraction of sp³-hybridized carbons (Fsp3) is 0.200. The molecule has 0 aromatic heterocycles. The minimum absolute atomic E-state index is 0.0864. The fourth-order valence-electron chi connectivity index (χ4n) is 2.21. The Hall–Kier alpha value is -2.08. The Morgan fingerprint density at radius 3 is 2.14 bits per heavy atom. The van der Waals surface area contributed by atoms with Gasteiger partial charge in [0, 0.05) is 0 Å². The van der Waals surface area contributed by atoms with Gasteiger partial charge < -0.3 is 5.73 Å². The molecule has 0 atom stereocenters. The van der Waals surface area contributed by atoms with E-state index in [4.69, 9.17) is 5.73 Å². The third kappa shape index (κ3) is 3.16. The lowest BCUT2D eigenvalue weighted by Crippen LogP contribution is -2.15. The van der Waals surface area contributed by atoms with Gasteiger partial charge in [-0.25, -0.2) is 12.8 Å². The van der Waals surface area contributed by atoms with Crippen LogP contribution in [-0.2, 0) is 10.0 Å². The lowest BCUT2D eigenvalue weighted by atomic mass is 10.1. The van der Waals surface area contributed by atoms with Crippen molar-refractivity contribution in [2.45, 2.75) is 25.7 Å². The maximum Gasteiger partial charge on any atom is 0.262 e. The normalized spacial score (nSPS) is 11.4. The first-order valence-corrected chi connectivity index (χ1v) is 7.85. The van der Waals surface area contributed by atoms with Crippen molar-refractivity contribution < 1.29 is 12.8 Å². The average Bonchev–Trinajstić information content (AvgIpc) is 2.37. The molecule has 0 spiro atoms. The largest absolute Gasteiger partial charge is 0.396 e. The Labute approximate surface area is 123 Å². The van der Waals surface area contributed by atoms with Gasteiger partial charge in [0.15, 0.2) is 0 Å². The summed E-state index contributed by atoms with van der Waals surface area (Å²) in [7, 11) is -3.86. The zero-order chi connectivity index (χ0) is 15.8. The second-order valence-corrected chi connectivity index (χ2v) is 6.74. The zero-order valence-electron chi connectivity index (χ0n) is 12.1.